The van der Waals surface area contributed by atoms with Crippen LogP contribution in [0.15, 0.2) is 28.9 Å². The molecule has 62 valence electrons. The van der Waals surface area contributed by atoms with Crippen molar-refractivity contribution in [3.8, 4) is 0 Å². The quantitative estimate of drug-likeness (QED) is 0.763. The van der Waals surface area contributed by atoms with Crippen molar-refractivity contribution in [1.82, 2.24) is 4.98 Å². The molecule has 12 heavy (non-hydrogen) atoms. The molecule has 2 heteroatoms. The molecule has 0 fully saturated rings. The molecular formula is C10H10BrN. The third-order valence-electron chi connectivity index (χ3n) is 2.06. The van der Waals surface area contributed by atoms with E-state index < -0.39 is 0 Å². The lowest BCUT2D eigenvalue weighted by atomic mass is 10.1. The van der Waals surface area contributed by atoms with Gasteiger partial charge in [0.1, 0.15) is 0 Å². The zero-order chi connectivity index (χ0) is 8.55. The maximum absolute atomic E-state index is 3.42. The molecule has 0 saturated carbocycles. The van der Waals surface area contributed by atoms with Gasteiger partial charge in [-0.15, -0.1) is 0 Å². The van der Waals surface area contributed by atoms with Crippen LogP contribution in [-0.2, 0) is 6.42 Å². The van der Waals surface area contributed by atoms with Gasteiger partial charge in [-0.1, -0.05) is 19.1 Å². The summed E-state index contributed by atoms with van der Waals surface area (Å²) in [6, 6.07) is 8.60. The normalized spacial score (nSPS) is 10.8. The van der Waals surface area contributed by atoms with Gasteiger partial charge in [0.25, 0.3) is 0 Å². The third kappa shape index (κ3) is 1.27. The van der Waals surface area contributed by atoms with Crippen molar-refractivity contribution in [2.45, 2.75) is 13.3 Å². The first-order chi connectivity index (χ1) is 5.79. The molecule has 1 nitrogen and oxygen atoms in total. The van der Waals surface area contributed by atoms with Crippen molar-refractivity contribution in [3.63, 3.8) is 0 Å². The van der Waals surface area contributed by atoms with Gasteiger partial charge in [0.15, 0.2) is 0 Å². The van der Waals surface area contributed by atoms with E-state index in [-0.39, 0.29) is 0 Å². The summed E-state index contributed by atoms with van der Waals surface area (Å²) in [5, 5.41) is 1.26. The van der Waals surface area contributed by atoms with Crippen LogP contribution in [0.25, 0.3) is 10.9 Å². The SMILES string of the molecule is CCc1ccc2cc(Br)[nH]c2c1. The van der Waals surface area contributed by atoms with Gasteiger partial charge in [0.05, 0.1) is 4.60 Å². The molecule has 1 aromatic carbocycles. The van der Waals surface area contributed by atoms with E-state index in [2.05, 4.69) is 52.1 Å². The van der Waals surface area contributed by atoms with E-state index in [0.29, 0.717) is 0 Å². The summed E-state index contributed by atoms with van der Waals surface area (Å²) in [4.78, 5) is 3.25. The van der Waals surface area contributed by atoms with Gasteiger partial charge in [0, 0.05) is 10.9 Å². The number of fused-ring (bicyclic) bond motifs is 1. The molecule has 0 aliphatic rings. The summed E-state index contributed by atoms with van der Waals surface area (Å²) in [6.07, 6.45) is 1.09. The Kier molecular flexibility index (Phi) is 1.93. The molecule has 0 radical (unpaired) electrons. The molecule has 2 aromatic rings. The highest BCUT2D eigenvalue weighted by Gasteiger charge is 1.97. The molecule has 0 aliphatic carbocycles. The van der Waals surface area contributed by atoms with Crippen LogP contribution in [0.4, 0.5) is 0 Å². The van der Waals surface area contributed by atoms with E-state index >= 15 is 0 Å². The Morgan fingerprint density at radius 1 is 1.33 bits per heavy atom. The monoisotopic (exact) mass is 223 g/mol. The Balaban J connectivity index is 2.66. The fourth-order valence-electron chi connectivity index (χ4n) is 1.36. The van der Waals surface area contributed by atoms with Gasteiger partial charge in [0.2, 0.25) is 0 Å². The minimum Gasteiger partial charge on any atom is -0.349 e. The van der Waals surface area contributed by atoms with Gasteiger partial charge in [-0.2, -0.15) is 0 Å². The number of nitrogens with one attached hydrogen (secondary N) is 1. The average Bonchev–Trinajstić information content (AvgIpc) is 2.43. The first-order valence-corrected chi connectivity index (χ1v) is 4.86. The summed E-state index contributed by atoms with van der Waals surface area (Å²) < 4.78 is 1.05. The lowest BCUT2D eigenvalue weighted by molar-refractivity contribution is 1.14. The number of aromatic amines is 1. The van der Waals surface area contributed by atoms with Gasteiger partial charge in [-0.3, -0.25) is 0 Å². The fourth-order valence-corrected chi connectivity index (χ4v) is 1.82. The Morgan fingerprint density at radius 3 is 2.92 bits per heavy atom. The molecular weight excluding hydrogens is 214 g/mol. The molecule has 0 aliphatic heterocycles. The van der Waals surface area contributed by atoms with Crippen LogP contribution in [0, 0.1) is 0 Å². The van der Waals surface area contributed by atoms with Crippen molar-refractivity contribution in [3.05, 3.63) is 34.4 Å². The Hall–Kier alpha value is -0.760. The van der Waals surface area contributed by atoms with Crippen LogP contribution in [0.5, 0.6) is 0 Å². The number of rotatable bonds is 1. The highest BCUT2D eigenvalue weighted by atomic mass is 79.9. The van der Waals surface area contributed by atoms with E-state index in [4.69, 9.17) is 0 Å². The van der Waals surface area contributed by atoms with Gasteiger partial charge >= 0.3 is 0 Å². The molecule has 2 rings (SSSR count). The standard InChI is InChI=1S/C10H10BrN/c1-2-7-3-4-8-6-10(11)12-9(8)5-7/h3-6,12H,2H2,1H3. The number of aryl methyl sites for hydroxylation is 1. The van der Waals surface area contributed by atoms with Crippen LogP contribution in [0.1, 0.15) is 12.5 Å². The number of benzene rings is 1. The molecule has 1 heterocycles. The second kappa shape index (κ2) is 2.94. The van der Waals surface area contributed by atoms with E-state index in [1.165, 1.54) is 16.5 Å². The van der Waals surface area contributed by atoms with E-state index in [0.717, 1.165) is 11.0 Å². The van der Waals surface area contributed by atoms with Crippen LogP contribution >= 0.6 is 15.9 Å². The maximum Gasteiger partial charge on any atom is 0.0830 e. The smallest absolute Gasteiger partial charge is 0.0830 e. The predicted octanol–water partition coefficient (Wildman–Crippen LogP) is 3.49. The Labute approximate surface area is 79.9 Å². The molecule has 1 aromatic heterocycles. The summed E-state index contributed by atoms with van der Waals surface area (Å²) in [7, 11) is 0. The highest BCUT2D eigenvalue weighted by molar-refractivity contribution is 9.10. The fraction of sp³-hybridized carbons (Fsp3) is 0.200. The van der Waals surface area contributed by atoms with Crippen LogP contribution in [0.3, 0.4) is 0 Å². The number of hydrogen-bond acceptors (Lipinski definition) is 0. The van der Waals surface area contributed by atoms with E-state index in [1.807, 2.05) is 0 Å². The number of hydrogen-bond donors (Lipinski definition) is 1. The predicted molar refractivity (Wildman–Crippen MR) is 55.4 cm³/mol. The largest absolute Gasteiger partial charge is 0.349 e. The van der Waals surface area contributed by atoms with Crippen molar-refractivity contribution in [2.75, 3.05) is 0 Å². The van der Waals surface area contributed by atoms with E-state index in [9.17, 15) is 0 Å². The first-order valence-electron chi connectivity index (χ1n) is 4.07. The zero-order valence-corrected chi connectivity index (χ0v) is 8.48. The maximum atomic E-state index is 3.42. The minimum absolute atomic E-state index is 1.05. The Bertz CT molecular complexity index is 403. The molecule has 0 unspecified atom stereocenters. The van der Waals surface area contributed by atoms with Crippen molar-refractivity contribution >= 4 is 26.8 Å². The molecule has 0 atom stereocenters. The van der Waals surface area contributed by atoms with Gasteiger partial charge in [-0.05, 0) is 40.0 Å². The molecule has 0 saturated heterocycles. The van der Waals surface area contributed by atoms with E-state index in [1.54, 1.807) is 0 Å². The van der Waals surface area contributed by atoms with Gasteiger partial charge in [-0.25, -0.2) is 0 Å². The zero-order valence-electron chi connectivity index (χ0n) is 6.89. The van der Waals surface area contributed by atoms with Crippen LogP contribution in [-0.4, -0.2) is 4.98 Å². The molecule has 0 bridgehead atoms. The first kappa shape index (κ1) is 7.87. The lowest BCUT2D eigenvalue weighted by Crippen LogP contribution is -1.77. The average molecular weight is 224 g/mol. The topological polar surface area (TPSA) is 15.8 Å². The summed E-state index contributed by atoms with van der Waals surface area (Å²) in [6.45, 7) is 2.17. The number of halogens is 1. The third-order valence-corrected chi connectivity index (χ3v) is 2.49. The summed E-state index contributed by atoms with van der Waals surface area (Å²) in [5.41, 5.74) is 2.58. The highest BCUT2D eigenvalue weighted by Crippen LogP contribution is 2.20. The minimum atomic E-state index is 1.05. The molecule has 0 spiro atoms. The second-order valence-corrected chi connectivity index (χ2v) is 3.75. The molecule has 1 N–H and O–H groups in total. The second-order valence-electron chi connectivity index (χ2n) is 2.89. The lowest BCUT2D eigenvalue weighted by Gasteiger charge is -1.94. The van der Waals surface area contributed by atoms with Crippen molar-refractivity contribution < 1.29 is 0 Å². The number of H-pyrrole nitrogens is 1. The van der Waals surface area contributed by atoms with Gasteiger partial charge < -0.3 is 4.98 Å². The molecule has 0 amide bonds. The van der Waals surface area contributed by atoms with Crippen molar-refractivity contribution in [2.24, 2.45) is 0 Å². The van der Waals surface area contributed by atoms with Crippen molar-refractivity contribution in [1.29, 1.82) is 0 Å². The summed E-state index contributed by atoms with van der Waals surface area (Å²) >= 11 is 3.42. The van der Waals surface area contributed by atoms with Crippen LogP contribution in [0.2, 0.25) is 0 Å². The number of aromatic nitrogens is 1. The summed E-state index contributed by atoms with van der Waals surface area (Å²) in [5.74, 6) is 0. The van der Waals surface area contributed by atoms with Crippen LogP contribution < -0.4 is 0 Å². The Morgan fingerprint density at radius 2 is 2.17 bits per heavy atom.